The largest absolute Gasteiger partial charge is 0.363 e. The zero-order chi connectivity index (χ0) is 18.6. The molecule has 26 heavy (non-hydrogen) atoms. The van der Waals surface area contributed by atoms with Crippen LogP contribution >= 0.6 is 11.6 Å². The zero-order valence-electron chi connectivity index (χ0n) is 14.3. The number of carbonyl (C=O) groups is 1. The minimum absolute atomic E-state index is 0.00900. The molecule has 1 amide bonds. The molecule has 3 rings (SSSR count). The van der Waals surface area contributed by atoms with Gasteiger partial charge in [0.1, 0.15) is 5.88 Å². The standard InChI is InChI=1S/C17H21ClN4O4/c18-12-15(23)19-21-16(13-6-8-14(9-7-13)22(24)25)20-26-17(21)10-4-2-1-3-5-11-17/h6-9H,1-5,10-12H2,(H,19,23). The fourth-order valence-electron chi connectivity index (χ4n) is 3.40. The van der Waals surface area contributed by atoms with E-state index < -0.39 is 10.6 Å². The van der Waals surface area contributed by atoms with Crippen LogP contribution in [0.25, 0.3) is 0 Å². The third kappa shape index (κ3) is 3.75. The lowest BCUT2D eigenvalue weighted by atomic mass is 9.92. The van der Waals surface area contributed by atoms with Crippen LogP contribution < -0.4 is 5.43 Å². The molecule has 0 unspecified atom stereocenters. The number of hydrazine groups is 1. The fraction of sp³-hybridized carbons (Fsp3) is 0.529. The predicted molar refractivity (Wildman–Crippen MR) is 96.5 cm³/mol. The summed E-state index contributed by atoms with van der Waals surface area (Å²) in [5.41, 5.74) is 2.68. The number of rotatable bonds is 4. The number of hydrogen-bond donors (Lipinski definition) is 1. The van der Waals surface area contributed by atoms with Gasteiger partial charge in [0.25, 0.3) is 11.6 Å². The average molecular weight is 381 g/mol. The molecule has 2 aliphatic rings. The van der Waals surface area contributed by atoms with Crippen molar-refractivity contribution >= 4 is 29.0 Å². The molecule has 0 radical (unpaired) electrons. The van der Waals surface area contributed by atoms with Gasteiger partial charge >= 0.3 is 0 Å². The Morgan fingerprint density at radius 1 is 1.23 bits per heavy atom. The Hall–Kier alpha value is -2.35. The van der Waals surface area contributed by atoms with Gasteiger partial charge in [0.2, 0.25) is 5.72 Å². The number of halogens is 1. The number of nitro groups is 1. The highest BCUT2D eigenvalue weighted by Crippen LogP contribution is 2.37. The summed E-state index contributed by atoms with van der Waals surface area (Å²) >= 11 is 5.67. The van der Waals surface area contributed by atoms with Crippen LogP contribution in [0.5, 0.6) is 0 Å². The van der Waals surface area contributed by atoms with Gasteiger partial charge < -0.3 is 4.84 Å². The fourth-order valence-corrected chi connectivity index (χ4v) is 3.46. The molecule has 1 fully saturated rings. The Bertz CT molecular complexity index is 699. The van der Waals surface area contributed by atoms with E-state index in [4.69, 9.17) is 16.4 Å². The highest BCUT2D eigenvalue weighted by Gasteiger charge is 2.47. The molecule has 0 aromatic heterocycles. The topological polar surface area (TPSA) is 97.1 Å². The summed E-state index contributed by atoms with van der Waals surface area (Å²) in [5, 5.41) is 16.7. The second-order valence-electron chi connectivity index (χ2n) is 6.53. The lowest BCUT2D eigenvalue weighted by Crippen LogP contribution is -2.58. The maximum atomic E-state index is 12.0. The van der Waals surface area contributed by atoms with Gasteiger partial charge in [-0.05, 0) is 25.0 Å². The van der Waals surface area contributed by atoms with Gasteiger partial charge in [-0.3, -0.25) is 20.3 Å². The molecule has 0 bridgehead atoms. The summed E-state index contributed by atoms with van der Waals surface area (Å²) in [5.74, 6) is -0.104. The van der Waals surface area contributed by atoms with E-state index >= 15 is 0 Å². The summed E-state index contributed by atoms with van der Waals surface area (Å²) in [6.45, 7) is 0. The number of carbonyl (C=O) groups excluding carboxylic acids is 1. The molecular weight excluding hydrogens is 360 g/mol. The van der Waals surface area contributed by atoms with Crippen LogP contribution in [0.2, 0.25) is 0 Å². The number of nitrogens with zero attached hydrogens (tertiary/aromatic N) is 3. The first-order valence-corrected chi connectivity index (χ1v) is 9.26. The van der Waals surface area contributed by atoms with Crippen molar-refractivity contribution < 1.29 is 14.6 Å². The van der Waals surface area contributed by atoms with Gasteiger partial charge in [-0.1, -0.05) is 24.4 Å². The SMILES string of the molecule is O=C(CCl)NN1C(c2ccc([N+](=O)[O-])cc2)=NOC12CCCCCCC2. The van der Waals surface area contributed by atoms with Crippen LogP contribution in [0.1, 0.15) is 50.5 Å². The zero-order valence-corrected chi connectivity index (χ0v) is 15.1. The molecular formula is C17H21ClN4O4. The first-order chi connectivity index (χ1) is 12.6. The van der Waals surface area contributed by atoms with Crippen LogP contribution in [-0.2, 0) is 9.63 Å². The summed E-state index contributed by atoms with van der Waals surface area (Å²) < 4.78 is 0. The number of alkyl halides is 1. The number of nitro benzene ring substituents is 1. The predicted octanol–water partition coefficient (Wildman–Crippen LogP) is 3.30. The minimum atomic E-state index is -0.737. The highest BCUT2D eigenvalue weighted by molar-refractivity contribution is 6.27. The van der Waals surface area contributed by atoms with E-state index in [1.165, 1.54) is 18.6 Å². The van der Waals surface area contributed by atoms with Crippen molar-refractivity contribution in [1.29, 1.82) is 0 Å². The van der Waals surface area contributed by atoms with E-state index in [9.17, 15) is 14.9 Å². The normalized spacial score (nSPS) is 19.3. The van der Waals surface area contributed by atoms with Crippen molar-refractivity contribution in [2.45, 2.75) is 50.7 Å². The van der Waals surface area contributed by atoms with Crippen molar-refractivity contribution in [1.82, 2.24) is 10.4 Å². The Morgan fingerprint density at radius 2 is 1.85 bits per heavy atom. The molecule has 1 aliphatic carbocycles. The van der Waals surface area contributed by atoms with Gasteiger partial charge in [-0.2, -0.15) is 0 Å². The van der Waals surface area contributed by atoms with E-state index in [-0.39, 0.29) is 17.5 Å². The summed E-state index contributed by atoms with van der Waals surface area (Å²) in [6, 6.07) is 6.01. The van der Waals surface area contributed by atoms with E-state index in [0.29, 0.717) is 11.4 Å². The van der Waals surface area contributed by atoms with Crippen molar-refractivity contribution in [2.24, 2.45) is 5.16 Å². The number of benzene rings is 1. The third-order valence-electron chi connectivity index (χ3n) is 4.75. The van der Waals surface area contributed by atoms with Crippen molar-refractivity contribution in [3.05, 3.63) is 39.9 Å². The third-order valence-corrected chi connectivity index (χ3v) is 4.99. The van der Waals surface area contributed by atoms with Crippen LogP contribution in [0, 0.1) is 10.1 Å². The maximum Gasteiger partial charge on any atom is 0.269 e. The monoisotopic (exact) mass is 380 g/mol. The lowest BCUT2D eigenvalue weighted by molar-refractivity contribution is -0.384. The Morgan fingerprint density at radius 3 is 2.42 bits per heavy atom. The van der Waals surface area contributed by atoms with E-state index in [1.54, 1.807) is 17.1 Å². The van der Waals surface area contributed by atoms with Gasteiger partial charge in [0.05, 0.1) is 4.92 Å². The number of nitrogens with one attached hydrogen (secondary N) is 1. The van der Waals surface area contributed by atoms with Crippen LogP contribution in [0.4, 0.5) is 5.69 Å². The molecule has 1 aliphatic heterocycles. The molecule has 1 aromatic rings. The Labute approximate surface area is 156 Å². The summed E-state index contributed by atoms with van der Waals surface area (Å²) in [7, 11) is 0. The highest BCUT2D eigenvalue weighted by atomic mass is 35.5. The van der Waals surface area contributed by atoms with E-state index in [0.717, 1.165) is 38.5 Å². The summed E-state index contributed by atoms with van der Waals surface area (Å²) in [4.78, 5) is 28.2. The minimum Gasteiger partial charge on any atom is -0.363 e. The molecule has 0 saturated heterocycles. The first-order valence-electron chi connectivity index (χ1n) is 8.72. The van der Waals surface area contributed by atoms with Crippen LogP contribution in [0.3, 0.4) is 0 Å². The van der Waals surface area contributed by atoms with Crippen molar-refractivity contribution in [2.75, 3.05) is 5.88 Å². The summed E-state index contributed by atoms with van der Waals surface area (Å²) in [6.07, 6.45) is 6.81. The number of non-ortho nitro benzene ring substituents is 1. The Kier molecular flexibility index (Phi) is 5.61. The Balaban J connectivity index is 1.90. The van der Waals surface area contributed by atoms with Gasteiger partial charge in [0, 0.05) is 30.5 Å². The number of hydrogen-bond acceptors (Lipinski definition) is 6. The van der Waals surface area contributed by atoms with E-state index in [1.807, 2.05) is 0 Å². The van der Waals surface area contributed by atoms with Crippen LogP contribution in [-0.4, -0.2) is 33.3 Å². The van der Waals surface area contributed by atoms with Crippen molar-refractivity contribution in [3.63, 3.8) is 0 Å². The molecule has 8 nitrogen and oxygen atoms in total. The second kappa shape index (κ2) is 7.90. The molecule has 1 N–H and O–H groups in total. The second-order valence-corrected chi connectivity index (χ2v) is 6.80. The number of amides is 1. The molecule has 1 aromatic carbocycles. The maximum absolute atomic E-state index is 12.0. The molecule has 1 saturated carbocycles. The lowest BCUT2D eigenvalue weighted by Gasteiger charge is -2.38. The molecule has 0 atom stereocenters. The van der Waals surface area contributed by atoms with Gasteiger partial charge in [-0.25, -0.2) is 5.01 Å². The van der Waals surface area contributed by atoms with E-state index in [2.05, 4.69) is 10.6 Å². The van der Waals surface area contributed by atoms with Crippen molar-refractivity contribution in [3.8, 4) is 0 Å². The molecule has 1 heterocycles. The smallest absolute Gasteiger partial charge is 0.269 e. The number of oxime groups is 1. The van der Waals surface area contributed by atoms with Gasteiger partial charge in [-0.15, -0.1) is 11.6 Å². The average Bonchev–Trinajstić information content (AvgIpc) is 2.97. The quantitative estimate of drug-likeness (QED) is 0.491. The van der Waals surface area contributed by atoms with Gasteiger partial charge in [0.15, 0.2) is 5.84 Å². The molecule has 140 valence electrons. The first kappa shape index (κ1) is 18.4. The molecule has 1 spiro atoms. The molecule has 9 heteroatoms. The number of amidine groups is 1. The van der Waals surface area contributed by atoms with Crippen LogP contribution in [0.15, 0.2) is 29.4 Å².